The van der Waals surface area contributed by atoms with Crippen LogP contribution in [0.4, 0.5) is 0 Å². The van der Waals surface area contributed by atoms with Gasteiger partial charge in [0.05, 0.1) is 6.54 Å². The third-order valence-corrected chi connectivity index (χ3v) is 4.41. The minimum absolute atomic E-state index is 0.337. The maximum absolute atomic E-state index is 12.3. The normalized spacial score (nSPS) is 27.4. The van der Waals surface area contributed by atoms with Gasteiger partial charge in [-0.3, -0.25) is 9.69 Å². The highest BCUT2D eigenvalue weighted by Crippen LogP contribution is 2.19. The number of hydrogen-bond donors (Lipinski definition) is 0. The molecule has 2 aliphatic heterocycles. The van der Waals surface area contributed by atoms with Gasteiger partial charge in [-0.1, -0.05) is 13.3 Å². The fourth-order valence-corrected chi connectivity index (χ4v) is 3.06. The van der Waals surface area contributed by atoms with E-state index in [4.69, 9.17) is 0 Å². The molecule has 0 radical (unpaired) electrons. The molecule has 0 aromatic carbocycles. The predicted octanol–water partition coefficient (Wildman–Crippen LogP) is 1.02. The number of likely N-dealkylation sites (tertiary alicyclic amines) is 1. The van der Waals surface area contributed by atoms with Crippen LogP contribution in [-0.2, 0) is 4.79 Å². The topological polar surface area (TPSA) is 26.8 Å². The Kier molecular flexibility index (Phi) is 5.01. The van der Waals surface area contributed by atoms with Crippen LogP contribution in [0.3, 0.4) is 0 Å². The average Bonchev–Trinajstić information content (AvgIpc) is 2.40. The van der Waals surface area contributed by atoms with Crippen LogP contribution < -0.4 is 0 Å². The van der Waals surface area contributed by atoms with E-state index < -0.39 is 0 Å². The smallest absolute Gasteiger partial charge is 0.236 e. The molecule has 1 amide bonds. The Morgan fingerprint density at radius 2 is 1.83 bits per heavy atom. The number of hydrogen-bond acceptors (Lipinski definition) is 3. The molecule has 18 heavy (non-hydrogen) atoms. The van der Waals surface area contributed by atoms with E-state index in [9.17, 15) is 4.79 Å². The highest BCUT2D eigenvalue weighted by molar-refractivity contribution is 5.78. The average molecular weight is 253 g/mol. The summed E-state index contributed by atoms with van der Waals surface area (Å²) < 4.78 is 0. The Balaban J connectivity index is 1.82. The second kappa shape index (κ2) is 6.53. The van der Waals surface area contributed by atoms with Crippen molar-refractivity contribution in [3.8, 4) is 0 Å². The lowest BCUT2D eigenvalue weighted by Gasteiger charge is -2.38. The molecule has 1 unspecified atom stereocenters. The Labute approximate surface area is 111 Å². The first-order valence-corrected chi connectivity index (χ1v) is 7.41. The molecule has 4 nitrogen and oxygen atoms in total. The first-order valence-electron chi connectivity index (χ1n) is 7.41. The number of piperazine rings is 1. The third-order valence-electron chi connectivity index (χ3n) is 4.41. The molecule has 2 aliphatic rings. The second-order valence-corrected chi connectivity index (χ2v) is 5.71. The summed E-state index contributed by atoms with van der Waals surface area (Å²) in [6.45, 7) is 7.83. The summed E-state index contributed by atoms with van der Waals surface area (Å²) in [5, 5.41) is 0. The summed E-state index contributed by atoms with van der Waals surface area (Å²) in [5.74, 6) is 0.337. The van der Waals surface area contributed by atoms with Gasteiger partial charge >= 0.3 is 0 Å². The van der Waals surface area contributed by atoms with Crippen LogP contribution in [0.15, 0.2) is 0 Å². The lowest BCUT2D eigenvalue weighted by atomic mass is 10.00. The van der Waals surface area contributed by atoms with E-state index >= 15 is 0 Å². The van der Waals surface area contributed by atoms with E-state index in [1.54, 1.807) is 0 Å². The third kappa shape index (κ3) is 3.45. The molecule has 2 saturated heterocycles. The molecule has 1 atom stereocenters. The molecule has 2 rings (SSSR count). The SMILES string of the molecule is CCC1CCCCN1CC(=O)N1CCN(C)CC1. The molecule has 0 aromatic rings. The largest absolute Gasteiger partial charge is 0.339 e. The zero-order chi connectivity index (χ0) is 13.0. The van der Waals surface area contributed by atoms with Crippen molar-refractivity contribution in [2.24, 2.45) is 0 Å². The molecule has 2 heterocycles. The number of nitrogens with zero attached hydrogens (tertiary/aromatic N) is 3. The summed E-state index contributed by atoms with van der Waals surface area (Å²) in [7, 11) is 2.12. The van der Waals surface area contributed by atoms with E-state index in [1.165, 1.54) is 25.7 Å². The first-order chi connectivity index (χ1) is 8.70. The van der Waals surface area contributed by atoms with E-state index in [1.807, 2.05) is 4.90 Å². The van der Waals surface area contributed by atoms with Gasteiger partial charge in [-0.2, -0.15) is 0 Å². The Morgan fingerprint density at radius 1 is 1.11 bits per heavy atom. The minimum Gasteiger partial charge on any atom is -0.339 e. The highest BCUT2D eigenvalue weighted by Gasteiger charge is 2.26. The predicted molar refractivity (Wildman–Crippen MR) is 73.6 cm³/mol. The monoisotopic (exact) mass is 253 g/mol. The van der Waals surface area contributed by atoms with Gasteiger partial charge in [0, 0.05) is 32.2 Å². The number of amides is 1. The minimum atomic E-state index is 0.337. The van der Waals surface area contributed by atoms with Gasteiger partial charge in [0.15, 0.2) is 0 Å². The van der Waals surface area contributed by atoms with Gasteiger partial charge in [0.2, 0.25) is 5.91 Å². The van der Waals surface area contributed by atoms with Crippen molar-refractivity contribution in [2.45, 2.75) is 38.6 Å². The Morgan fingerprint density at radius 3 is 2.50 bits per heavy atom. The summed E-state index contributed by atoms with van der Waals surface area (Å²) in [5.41, 5.74) is 0. The van der Waals surface area contributed by atoms with Gasteiger partial charge in [-0.15, -0.1) is 0 Å². The number of piperidine rings is 1. The lowest BCUT2D eigenvalue weighted by molar-refractivity contribution is -0.135. The van der Waals surface area contributed by atoms with Crippen LogP contribution in [0.5, 0.6) is 0 Å². The Hall–Kier alpha value is -0.610. The quantitative estimate of drug-likeness (QED) is 0.751. The van der Waals surface area contributed by atoms with Crippen LogP contribution in [-0.4, -0.2) is 73.0 Å². The van der Waals surface area contributed by atoms with Crippen LogP contribution in [0.2, 0.25) is 0 Å². The van der Waals surface area contributed by atoms with Crippen molar-refractivity contribution >= 4 is 5.91 Å². The fraction of sp³-hybridized carbons (Fsp3) is 0.929. The Bertz CT molecular complexity index is 274. The van der Waals surface area contributed by atoms with E-state index in [0.29, 0.717) is 18.5 Å². The van der Waals surface area contributed by atoms with Gasteiger partial charge in [-0.25, -0.2) is 0 Å². The maximum Gasteiger partial charge on any atom is 0.236 e. The van der Waals surface area contributed by atoms with E-state index in [2.05, 4.69) is 23.8 Å². The summed E-state index contributed by atoms with van der Waals surface area (Å²) in [6.07, 6.45) is 5.03. The van der Waals surface area contributed by atoms with Gasteiger partial charge in [-0.05, 0) is 32.9 Å². The fourth-order valence-electron chi connectivity index (χ4n) is 3.06. The van der Waals surface area contributed by atoms with Crippen molar-refractivity contribution in [2.75, 3.05) is 46.3 Å². The second-order valence-electron chi connectivity index (χ2n) is 5.71. The molecule has 4 heteroatoms. The zero-order valence-corrected chi connectivity index (χ0v) is 11.9. The standard InChI is InChI=1S/C14H27N3O/c1-3-13-6-4-5-7-17(13)12-14(18)16-10-8-15(2)9-11-16/h13H,3-12H2,1-2H3. The molecule has 0 N–H and O–H groups in total. The van der Waals surface area contributed by atoms with Crippen molar-refractivity contribution in [3.63, 3.8) is 0 Å². The molecular weight excluding hydrogens is 226 g/mol. The number of carbonyl (C=O) groups is 1. The number of carbonyl (C=O) groups excluding carboxylic acids is 1. The van der Waals surface area contributed by atoms with Gasteiger partial charge < -0.3 is 9.80 Å². The van der Waals surface area contributed by atoms with Crippen molar-refractivity contribution in [1.29, 1.82) is 0 Å². The van der Waals surface area contributed by atoms with Crippen LogP contribution in [0.25, 0.3) is 0 Å². The summed E-state index contributed by atoms with van der Waals surface area (Å²) >= 11 is 0. The van der Waals surface area contributed by atoms with E-state index in [0.717, 1.165) is 32.7 Å². The van der Waals surface area contributed by atoms with Gasteiger partial charge in [0.25, 0.3) is 0 Å². The summed E-state index contributed by atoms with van der Waals surface area (Å²) in [6, 6.07) is 0.634. The van der Waals surface area contributed by atoms with Crippen LogP contribution >= 0.6 is 0 Å². The molecule has 0 bridgehead atoms. The highest BCUT2D eigenvalue weighted by atomic mass is 16.2. The van der Waals surface area contributed by atoms with Crippen LogP contribution in [0, 0.1) is 0 Å². The molecule has 0 saturated carbocycles. The molecular formula is C14H27N3O. The van der Waals surface area contributed by atoms with Crippen molar-refractivity contribution < 1.29 is 4.79 Å². The molecule has 0 aromatic heterocycles. The number of likely N-dealkylation sites (N-methyl/N-ethyl adjacent to an activating group) is 1. The van der Waals surface area contributed by atoms with E-state index in [-0.39, 0.29) is 0 Å². The van der Waals surface area contributed by atoms with Gasteiger partial charge in [0.1, 0.15) is 0 Å². The summed E-state index contributed by atoms with van der Waals surface area (Å²) in [4.78, 5) is 19.0. The lowest BCUT2D eigenvalue weighted by Crippen LogP contribution is -2.52. The molecule has 2 fully saturated rings. The van der Waals surface area contributed by atoms with Crippen LogP contribution in [0.1, 0.15) is 32.6 Å². The zero-order valence-electron chi connectivity index (χ0n) is 11.9. The first kappa shape index (κ1) is 13.8. The molecule has 104 valence electrons. The van der Waals surface area contributed by atoms with Crippen molar-refractivity contribution in [3.05, 3.63) is 0 Å². The number of rotatable bonds is 3. The molecule has 0 aliphatic carbocycles. The maximum atomic E-state index is 12.3. The van der Waals surface area contributed by atoms with Crippen molar-refractivity contribution in [1.82, 2.24) is 14.7 Å². The molecule has 0 spiro atoms.